The molecule has 1 saturated heterocycles. The Morgan fingerprint density at radius 1 is 1.15 bits per heavy atom. The normalized spacial score (nSPS) is 13.3. The molecule has 0 spiro atoms. The number of halogens is 1. The highest BCUT2D eigenvalue weighted by Gasteiger charge is 2.18. The van der Waals surface area contributed by atoms with Crippen molar-refractivity contribution in [2.24, 2.45) is 0 Å². The number of benzene rings is 2. The van der Waals surface area contributed by atoms with Crippen LogP contribution in [-0.2, 0) is 11.3 Å². The summed E-state index contributed by atoms with van der Waals surface area (Å²) in [7, 11) is 1.48. The highest BCUT2D eigenvalue weighted by atomic mass is 19.1. The molecular formula is C29H32FN7O2. The van der Waals surface area contributed by atoms with Crippen LogP contribution in [0.1, 0.15) is 18.1 Å². The van der Waals surface area contributed by atoms with E-state index < -0.39 is 5.82 Å². The molecule has 0 saturated carbocycles. The minimum atomic E-state index is -0.391. The maximum Gasteiger partial charge on any atom is 0.247 e. The molecule has 0 bridgehead atoms. The molecular weight excluding hydrogens is 497 g/mol. The maximum atomic E-state index is 13.6. The molecule has 0 aliphatic carbocycles. The highest BCUT2D eigenvalue weighted by molar-refractivity contribution is 6.02. The Kier molecular flexibility index (Phi) is 8.97. The van der Waals surface area contributed by atoms with E-state index in [0.717, 1.165) is 44.0 Å². The van der Waals surface area contributed by atoms with Gasteiger partial charge < -0.3 is 30.5 Å². The van der Waals surface area contributed by atoms with Crippen LogP contribution in [0, 0.1) is 17.1 Å². The second-order valence-electron chi connectivity index (χ2n) is 9.01. The number of rotatable bonds is 10. The fraction of sp³-hybridized carbons (Fsp3) is 0.276. The van der Waals surface area contributed by atoms with Crippen LogP contribution in [0.25, 0.3) is 0 Å². The van der Waals surface area contributed by atoms with Gasteiger partial charge in [-0.1, -0.05) is 19.6 Å². The van der Waals surface area contributed by atoms with Crippen LogP contribution in [0.15, 0.2) is 61.3 Å². The molecule has 1 amide bonds. The number of pyridine rings is 1. The Hall–Kier alpha value is -4.62. The monoisotopic (exact) mass is 529 g/mol. The van der Waals surface area contributed by atoms with Crippen molar-refractivity contribution in [3.63, 3.8) is 0 Å². The van der Waals surface area contributed by atoms with E-state index >= 15 is 0 Å². The summed E-state index contributed by atoms with van der Waals surface area (Å²) >= 11 is 0. The summed E-state index contributed by atoms with van der Waals surface area (Å²) in [6, 6.07) is 14.0. The number of anilines is 5. The molecule has 2 heterocycles. The van der Waals surface area contributed by atoms with Crippen LogP contribution in [-0.4, -0.2) is 55.6 Å². The molecule has 1 aromatic heterocycles. The predicted octanol–water partition coefficient (Wildman–Crippen LogP) is 4.72. The number of nitrogens with one attached hydrogen (secondary N) is 3. The van der Waals surface area contributed by atoms with Crippen LogP contribution in [0.5, 0.6) is 5.75 Å². The number of hydrogen-bond donors (Lipinski definition) is 3. The first kappa shape index (κ1) is 27.4. The Morgan fingerprint density at radius 2 is 1.95 bits per heavy atom. The molecule has 39 heavy (non-hydrogen) atoms. The van der Waals surface area contributed by atoms with Crippen molar-refractivity contribution in [3.05, 3.63) is 78.3 Å². The summed E-state index contributed by atoms with van der Waals surface area (Å²) in [5.74, 6) is 0.167. The van der Waals surface area contributed by atoms with E-state index in [-0.39, 0.29) is 5.91 Å². The van der Waals surface area contributed by atoms with Crippen molar-refractivity contribution < 1.29 is 13.9 Å². The lowest BCUT2D eigenvalue weighted by atomic mass is 10.1. The number of methoxy groups -OCH3 is 1. The van der Waals surface area contributed by atoms with Crippen LogP contribution in [0.4, 0.5) is 33.0 Å². The van der Waals surface area contributed by atoms with Crippen molar-refractivity contribution in [3.8, 4) is 11.8 Å². The summed E-state index contributed by atoms with van der Waals surface area (Å²) in [5, 5.41) is 19.0. The van der Waals surface area contributed by atoms with Crippen molar-refractivity contribution in [1.82, 2.24) is 9.88 Å². The van der Waals surface area contributed by atoms with Gasteiger partial charge in [0.05, 0.1) is 29.7 Å². The molecule has 0 atom stereocenters. The van der Waals surface area contributed by atoms with E-state index in [2.05, 4.69) is 50.3 Å². The summed E-state index contributed by atoms with van der Waals surface area (Å²) in [4.78, 5) is 21.3. The SMILES string of the molecule is C=CC(=O)Nc1cc(N2CCN(CC)CC2)ccc1Nc1cc(NCc2ccc(F)cc2OC)c(C#N)cn1. The lowest BCUT2D eigenvalue weighted by Gasteiger charge is -2.35. The first-order valence-corrected chi connectivity index (χ1v) is 12.7. The van der Waals surface area contributed by atoms with Gasteiger partial charge in [-0.05, 0) is 36.9 Å². The Bertz CT molecular complexity index is 1380. The fourth-order valence-corrected chi connectivity index (χ4v) is 4.40. The molecule has 0 radical (unpaired) electrons. The second kappa shape index (κ2) is 12.8. The van der Waals surface area contributed by atoms with Crippen molar-refractivity contribution in [2.75, 3.05) is 60.7 Å². The van der Waals surface area contributed by atoms with Crippen molar-refractivity contribution in [2.45, 2.75) is 13.5 Å². The third-order valence-corrected chi connectivity index (χ3v) is 6.64. The summed E-state index contributed by atoms with van der Waals surface area (Å²) < 4.78 is 18.9. The average molecular weight is 530 g/mol. The van der Waals surface area contributed by atoms with Gasteiger partial charge in [0.25, 0.3) is 0 Å². The summed E-state index contributed by atoms with van der Waals surface area (Å²) in [6.45, 7) is 10.8. The molecule has 9 nitrogen and oxygen atoms in total. The van der Waals surface area contributed by atoms with Crippen LogP contribution in [0.2, 0.25) is 0 Å². The van der Waals surface area contributed by atoms with Crippen LogP contribution < -0.4 is 25.6 Å². The van der Waals surface area contributed by atoms with E-state index in [9.17, 15) is 14.4 Å². The highest BCUT2D eigenvalue weighted by Crippen LogP contribution is 2.32. The van der Waals surface area contributed by atoms with Gasteiger partial charge in [0.15, 0.2) is 0 Å². The summed E-state index contributed by atoms with van der Waals surface area (Å²) in [5.41, 5.74) is 3.88. The van der Waals surface area contributed by atoms with E-state index in [1.807, 2.05) is 18.2 Å². The van der Waals surface area contributed by atoms with Crippen LogP contribution in [0.3, 0.4) is 0 Å². The number of nitriles is 1. The molecule has 4 rings (SSSR count). The number of aromatic nitrogens is 1. The van der Waals surface area contributed by atoms with Gasteiger partial charge in [0, 0.05) is 62.3 Å². The maximum absolute atomic E-state index is 13.6. The average Bonchev–Trinajstić information content (AvgIpc) is 2.97. The Labute approximate surface area is 227 Å². The first-order valence-electron chi connectivity index (χ1n) is 12.7. The van der Waals surface area contributed by atoms with Gasteiger partial charge in [-0.3, -0.25) is 4.79 Å². The number of likely N-dealkylation sites (N-methyl/N-ethyl adjacent to an activating group) is 1. The van der Waals surface area contributed by atoms with Crippen molar-refractivity contribution >= 4 is 34.5 Å². The third-order valence-electron chi connectivity index (χ3n) is 6.64. The van der Waals surface area contributed by atoms with Gasteiger partial charge >= 0.3 is 0 Å². The topological polar surface area (TPSA) is 106 Å². The molecule has 3 N–H and O–H groups in total. The van der Waals surface area contributed by atoms with E-state index in [0.29, 0.717) is 40.7 Å². The van der Waals surface area contributed by atoms with Crippen LogP contribution >= 0.6 is 0 Å². The number of amides is 1. The summed E-state index contributed by atoms with van der Waals surface area (Å²) in [6.07, 6.45) is 2.69. The number of hydrogen-bond acceptors (Lipinski definition) is 8. The minimum Gasteiger partial charge on any atom is -0.496 e. The lowest BCUT2D eigenvalue weighted by Crippen LogP contribution is -2.46. The standard InChI is InChI=1S/C29H32FN7O2/c1-4-29(38)35-26-15-23(37-12-10-36(5-2)11-13-37)8-9-24(26)34-28-16-25(21(17-31)19-33-28)32-18-20-6-7-22(30)14-27(20)39-3/h4,6-9,14-16,19H,1,5,10-13,18H2,2-3H3,(H,35,38)(H2,32,33,34). The minimum absolute atomic E-state index is 0.308. The lowest BCUT2D eigenvalue weighted by molar-refractivity contribution is -0.111. The first-order chi connectivity index (χ1) is 18.9. The van der Waals surface area contributed by atoms with E-state index in [1.54, 1.807) is 12.1 Å². The number of ether oxygens (including phenoxy) is 1. The predicted molar refractivity (Wildman–Crippen MR) is 152 cm³/mol. The van der Waals surface area contributed by atoms with Gasteiger partial charge in [-0.25, -0.2) is 9.37 Å². The molecule has 3 aromatic rings. The molecule has 1 fully saturated rings. The number of nitrogens with zero attached hydrogens (tertiary/aromatic N) is 4. The molecule has 202 valence electrons. The second-order valence-corrected chi connectivity index (χ2v) is 9.01. The zero-order valence-electron chi connectivity index (χ0n) is 22.1. The fourth-order valence-electron chi connectivity index (χ4n) is 4.40. The van der Waals surface area contributed by atoms with Gasteiger partial charge in [-0.2, -0.15) is 5.26 Å². The van der Waals surface area contributed by atoms with Gasteiger partial charge in [-0.15, -0.1) is 0 Å². The quantitative estimate of drug-likeness (QED) is 0.324. The Balaban J connectivity index is 1.56. The van der Waals surface area contributed by atoms with E-state index in [1.165, 1.54) is 31.5 Å². The molecule has 10 heteroatoms. The molecule has 1 aliphatic rings. The molecule has 2 aromatic carbocycles. The van der Waals surface area contributed by atoms with Crippen molar-refractivity contribution in [1.29, 1.82) is 5.26 Å². The molecule has 0 unspecified atom stereocenters. The third kappa shape index (κ3) is 6.83. The van der Waals surface area contributed by atoms with E-state index in [4.69, 9.17) is 4.74 Å². The largest absolute Gasteiger partial charge is 0.496 e. The number of piperazine rings is 1. The number of carbonyl (C=O) groups is 1. The number of carbonyl (C=O) groups excluding carboxylic acids is 1. The molecule has 1 aliphatic heterocycles. The van der Waals surface area contributed by atoms with Gasteiger partial charge in [0.2, 0.25) is 5.91 Å². The van der Waals surface area contributed by atoms with Gasteiger partial charge in [0.1, 0.15) is 23.5 Å². The Morgan fingerprint density at radius 3 is 2.64 bits per heavy atom. The smallest absolute Gasteiger partial charge is 0.247 e. The zero-order valence-corrected chi connectivity index (χ0v) is 22.1. The zero-order chi connectivity index (χ0) is 27.8.